The van der Waals surface area contributed by atoms with E-state index in [0.29, 0.717) is 23.6 Å². The van der Waals surface area contributed by atoms with Crippen LogP contribution in [0.4, 0.5) is 0 Å². The molecule has 6 heteroatoms. The molecule has 0 aliphatic rings. The topological polar surface area (TPSA) is 46.9 Å². The normalized spacial score (nSPS) is 10.9. The zero-order valence-corrected chi connectivity index (χ0v) is 14.0. The Labute approximate surface area is 144 Å². The lowest BCUT2D eigenvalue weighted by atomic mass is 10.2. The first-order chi connectivity index (χ1) is 11.1. The monoisotopic (exact) mass is 347 g/mol. The number of halogens is 2. The first kappa shape index (κ1) is 15.8. The van der Waals surface area contributed by atoms with Crippen LogP contribution in [0.2, 0.25) is 10.0 Å². The number of rotatable bonds is 4. The number of fused-ring (bicyclic) bond motifs is 1. The van der Waals surface area contributed by atoms with Crippen molar-refractivity contribution in [3.05, 3.63) is 63.9 Å². The number of benzene rings is 2. The van der Waals surface area contributed by atoms with Crippen LogP contribution >= 0.6 is 23.2 Å². The van der Waals surface area contributed by atoms with Crippen molar-refractivity contribution in [1.82, 2.24) is 14.9 Å². The lowest BCUT2D eigenvalue weighted by Gasteiger charge is -2.07. The highest BCUT2D eigenvalue weighted by Crippen LogP contribution is 2.25. The van der Waals surface area contributed by atoms with Gasteiger partial charge in [0.15, 0.2) is 0 Å². The fourth-order valence-corrected chi connectivity index (χ4v) is 2.87. The quantitative estimate of drug-likeness (QED) is 0.778. The first-order valence-corrected chi connectivity index (χ1v) is 7.96. The number of hydrogen-bond acceptors (Lipinski definition) is 2. The average Bonchev–Trinajstić information content (AvgIpc) is 2.87. The molecule has 0 aliphatic carbocycles. The van der Waals surface area contributed by atoms with Gasteiger partial charge < -0.3 is 9.88 Å². The summed E-state index contributed by atoms with van der Waals surface area (Å²) in [6.07, 6.45) is 0.634. The van der Waals surface area contributed by atoms with Crippen molar-refractivity contribution in [1.29, 1.82) is 0 Å². The van der Waals surface area contributed by atoms with Gasteiger partial charge in [-0.15, -0.1) is 0 Å². The van der Waals surface area contributed by atoms with Crippen molar-refractivity contribution in [2.45, 2.75) is 6.42 Å². The van der Waals surface area contributed by atoms with E-state index in [-0.39, 0.29) is 10.9 Å². The molecule has 0 bridgehead atoms. The fourth-order valence-electron chi connectivity index (χ4n) is 2.48. The van der Waals surface area contributed by atoms with Crippen LogP contribution in [0.1, 0.15) is 16.2 Å². The number of aromatic nitrogens is 2. The minimum absolute atomic E-state index is 0.240. The molecule has 1 heterocycles. The van der Waals surface area contributed by atoms with E-state index in [9.17, 15) is 4.79 Å². The van der Waals surface area contributed by atoms with Crippen LogP contribution in [0.3, 0.4) is 0 Å². The molecule has 118 valence electrons. The van der Waals surface area contributed by atoms with Crippen molar-refractivity contribution in [2.24, 2.45) is 7.05 Å². The SMILES string of the molecule is Cn1c(CCNC(=O)c2cccc(Cl)c2Cl)nc2ccccc21. The van der Waals surface area contributed by atoms with Crippen LogP contribution in [-0.4, -0.2) is 22.0 Å². The largest absolute Gasteiger partial charge is 0.352 e. The summed E-state index contributed by atoms with van der Waals surface area (Å²) in [5.74, 6) is 0.681. The molecule has 2 aromatic carbocycles. The van der Waals surface area contributed by atoms with Crippen molar-refractivity contribution in [2.75, 3.05) is 6.54 Å². The maximum Gasteiger partial charge on any atom is 0.252 e. The van der Waals surface area contributed by atoms with Gasteiger partial charge in [0.1, 0.15) is 5.82 Å². The standard InChI is InChI=1S/C17H15Cl2N3O/c1-22-14-8-3-2-7-13(14)21-15(22)9-10-20-17(23)11-5-4-6-12(18)16(11)19/h2-8H,9-10H2,1H3,(H,20,23). The van der Waals surface area contributed by atoms with Crippen molar-refractivity contribution >= 4 is 40.1 Å². The third-order valence-electron chi connectivity index (χ3n) is 3.71. The van der Waals surface area contributed by atoms with Crippen molar-refractivity contribution in [3.8, 4) is 0 Å². The zero-order valence-electron chi connectivity index (χ0n) is 12.5. The number of amides is 1. The summed E-state index contributed by atoms with van der Waals surface area (Å²) in [7, 11) is 1.97. The number of nitrogens with one attached hydrogen (secondary N) is 1. The van der Waals surface area contributed by atoms with E-state index in [2.05, 4.69) is 10.3 Å². The number of hydrogen-bond donors (Lipinski definition) is 1. The number of para-hydroxylation sites is 2. The molecule has 0 spiro atoms. The van der Waals surface area contributed by atoms with Crippen LogP contribution in [0.5, 0.6) is 0 Å². The van der Waals surface area contributed by atoms with E-state index in [1.165, 1.54) is 0 Å². The van der Waals surface area contributed by atoms with E-state index < -0.39 is 0 Å². The Bertz CT molecular complexity index is 873. The van der Waals surface area contributed by atoms with E-state index in [1.54, 1.807) is 18.2 Å². The number of imidazole rings is 1. The Morgan fingerprint density at radius 2 is 1.96 bits per heavy atom. The van der Waals surface area contributed by atoms with Gasteiger partial charge in [-0.05, 0) is 24.3 Å². The number of aryl methyl sites for hydroxylation is 1. The molecule has 0 atom stereocenters. The van der Waals surface area contributed by atoms with Crippen LogP contribution in [0.25, 0.3) is 11.0 Å². The molecule has 1 N–H and O–H groups in total. The van der Waals surface area contributed by atoms with Gasteiger partial charge in [-0.1, -0.05) is 41.4 Å². The minimum Gasteiger partial charge on any atom is -0.352 e. The molecule has 0 radical (unpaired) electrons. The Kier molecular flexibility index (Phi) is 4.55. The van der Waals surface area contributed by atoms with Crippen LogP contribution in [0, 0.1) is 0 Å². The third-order valence-corrected chi connectivity index (χ3v) is 4.53. The molecule has 3 rings (SSSR count). The summed E-state index contributed by atoms with van der Waals surface area (Å²) in [5, 5.41) is 3.49. The molecule has 0 fully saturated rings. The molecule has 0 saturated carbocycles. The van der Waals surface area contributed by atoms with Gasteiger partial charge >= 0.3 is 0 Å². The predicted octanol–water partition coefficient (Wildman–Crippen LogP) is 3.85. The van der Waals surface area contributed by atoms with Crippen LogP contribution in [0.15, 0.2) is 42.5 Å². The maximum atomic E-state index is 12.2. The smallest absolute Gasteiger partial charge is 0.252 e. The highest BCUT2D eigenvalue weighted by molar-refractivity contribution is 6.43. The molecule has 0 aliphatic heterocycles. The Morgan fingerprint density at radius 3 is 2.74 bits per heavy atom. The van der Waals surface area contributed by atoms with Gasteiger partial charge in [-0.3, -0.25) is 4.79 Å². The van der Waals surface area contributed by atoms with E-state index in [1.807, 2.05) is 35.9 Å². The third kappa shape index (κ3) is 3.19. The molecule has 0 unspecified atom stereocenters. The van der Waals surface area contributed by atoms with Crippen LogP contribution < -0.4 is 5.32 Å². The second-order valence-electron chi connectivity index (χ2n) is 5.18. The molecular formula is C17H15Cl2N3O. The van der Waals surface area contributed by atoms with Crippen molar-refractivity contribution < 1.29 is 4.79 Å². The van der Waals surface area contributed by atoms with Gasteiger partial charge in [0, 0.05) is 20.0 Å². The molecule has 23 heavy (non-hydrogen) atoms. The summed E-state index contributed by atoms with van der Waals surface area (Å²) in [4.78, 5) is 16.8. The average molecular weight is 348 g/mol. The van der Waals surface area contributed by atoms with E-state index in [4.69, 9.17) is 23.2 Å². The zero-order chi connectivity index (χ0) is 16.4. The number of nitrogens with zero attached hydrogens (tertiary/aromatic N) is 2. The second-order valence-corrected chi connectivity index (χ2v) is 5.97. The molecule has 4 nitrogen and oxygen atoms in total. The van der Waals surface area contributed by atoms with E-state index in [0.717, 1.165) is 16.9 Å². The van der Waals surface area contributed by atoms with Gasteiger partial charge in [-0.2, -0.15) is 0 Å². The predicted molar refractivity (Wildman–Crippen MR) is 93.2 cm³/mol. The summed E-state index contributed by atoms with van der Waals surface area (Å²) in [6, 6.07) is 12.9. The minimum atomic E-state index is -0.240. The maximum absolute atomic E-state index is 12.2. The van der Waals surface area contributed by atoms with Crippen LogP contribution in [-0.2, 0) is 13.5 Å². The lowest BCUT2D eigenvalue weighted by Crippen LogP contribution is -2.26. The highest BCUT2D eigenvalue weighted by Gasteiger charge is 2.13. The molecule has 3 aromatic rings. The molecule has 0 saturated heterocycles. The first-order valence-electron chi connectivity index (χ1n) is 7.20. The fraction of sp³-hybridized carbons (Fsp3) is 0.176. The number of carbonyl (C=O) groups is 1. The summed E-state index contributed by atoms with van der Waals surface area (Å²) < 4.78 is 2.04. The van der Waals surface area contributed by atoms with E-state index >= 15 is 0 Å². The van der Waals surface area contributed by atoms with Gasteiger partial charge in [0.25, 0.3) is 5.91 Å². The molecule has 1 aromatic heterocycles. The summed E-state index contributed by atoms with van der Waals surface area (Å²) in [6.45, 7) is 0.471. The molecular weight excluding hydrogens is 333 g/mol. The van der Waals surface area contributed by atoms with Gasteiger partial charge in [0.05, 0.1) is 26.6 Å². The highest BCUT2D eigenvalue weighted by atomic mass is 35.5. The van der Waals surface area contributed by atoms with Crippen molar-refractivity contribution in [3.63, 3.8) is 0 Å². The summed E-state index contributed by atoms with van der Waals surface area (Å²) in [5.41, 5.74) is 2.41. The van der Waals surface area contributed by atoms with Gasteiger partial charge in [0.2, 0.25) is 0 Å². The lowest BCUT2D eigenvalue weighted by molar-refractivity contribution is 0.0954. The second kappa shape index (κ2) is 6.60. The summed E-state index contributed by atoms with van der Waals surface area (Å²) >= 11 is 12.0. The molecule has 1 amide bonds. The Morgan fingerprint density at radius 1 is 1.17 bits per heavy atom. The van der Waals surface area contributed by atoms with Gasteiger partial charge in [-0.25, -0.2) is 4.98 Å². The Balaban J connectivity index is 1.68. The number of carbonyl (C=O) groups excluding carboxylic acids is 1. The Hall–Kier alpha value is -2.04.